The van der Waals surface area contributed by atoms with E-state index in [0.717, 1.165) is 12.8 Å². The summed E-state index contributed by atoms with van der Waals surface area (Å²) in [5.74, 6) is 0.610. The van der Waals surface area contributed by atoms with E-state index in [9.17, 15) is 0 Å². The summed E-state index contributed by atoms with van der Waals surface area (Å²) in [7, 11) is 0. The molecule has 0 radical (unpaired) electrons. The van der Waals surface area contributed by atoms with E-state index in [0.29, 0.717) is 5.92 Å². The van der Waals surface area contributed by atoms with Gasteiger partial charge in [0.2, 0.25) is 0 Å². The number of hydrogen-bond acceptors (Lipinski definition) is 0. The van der Waals surface area contributed by atoms with Crippen LogP contribution in [0.4, 0.5) is 0 Å². The zero-order valence-electron chi connectivity index (χ0n) is 14.1. The SMILES string of the molecule is Cc1ccc(C2CC23c2ccccc2CCc2ccccc23)cc1. The highest BCUT2D eigenvalue weighted by Gasteiger charge is 2.58. The molecule has 0 heteroatoms. The quantitative estimate of drug-likeness (QED) is 0.551. The Labute approximate surface area is 144 Å². The van der Waals surface area contributed by atoms with E-state index in [1.165, 1.54) is 17.5 Å². The van der Waals surface area contributed by atoms with Gasteiger partial charge < -0.3 is 0 Å². The number of rotatable bonds is 1. The van der Waals surface area contributed by atoms with Crippen LogP contribution in [0, 0.1) is 6.92 Å². The fourth-order valence-electron chi connectivity index (χ4n) is 4.82. The predicted molar refractivity (Wildman–Crippen MR) is 99.6 cm³/mol. The van der Waals surface area contributed by atoms with E-state index in [1.807, 2.05) is 0 Å². The van der Waals surface area contributed by atoms with Crippen LogP contribution in [0.15, 0.2) is 72.8 Å². The highest BCUT2D eigenvalue weighted by atomic mass is 14.6. The maximum absolute atomic E-state index is 2.38. The van der Waals surface area contributed by atoms with Gasteiger partial charge in [-0.3, -0.25) is 0 Å². The minimum absolute atomic E-state index is 0.193. The smallest absolute Gasteiger partial charge is 0.0283 e. The van der Waals surface area contributed by atoms with Crippen molar-refractivity contribution in [3.63, 3.8) is 0 Å². The Morgan fingerprint density at radius 2 is 1.25 bits per heavy atom. The Hall–Kier alpha value is -2.34. The molecule has 118 valence electrons. The van der Waals surface area contributed by atoms with Gasteiger partial charge in [0.15, 0.2) is 0 Å². The van der Waals surface area contributed by atoms with Crippen LogP contribution >= 0.6 is 0 Å². The van der Waals surface area contributed by atoms with Gasteiger partial charge in [-0.05, 0) is 59.9 Å². The first-order chi connectivity index (χ1) is 11.8. The van der Waals surface area contributed by atoms with Crippen LogP contribution in [0.2, 0.25) is 0 Å². The van der Waals surface area contributed by atoms with Crippen LogP contribution < -0.4 is 0 Å². The summed E-state index contributed by atoms with van der Waals surface area (Å²) < 4.78 is 0. The van der Waals surface area contributed by atoms with Crippen LogP contribution in [0.5, 0.6) is 0 Å². The van der Waals surface area contributed by atoms with Crippen molar-refractivity contribution in [2.75, 3.05) is 0 Å². The maximum atomic E-state index is 2.38. The molecule has 1 fully saturated rings. The normalized spacial score (nSPS) is 20.1. The molecule has 1 atom stereocenters. The standard InChI is InChI=1S/C24H22/c1-17-10-12-20(13-11-17)23-16-24(23)21-8-4-2-6-18(21)14-15-19-7-3-5-9-22(19)24/h2-13,23H,14-16H2,1H3. The topological polar surface area (TPSA) is 0 Å². The molecule has 0 aliphatic heterocycles. The molecule has 0 bridgehead atoms. The second kappa shape index (κ2) is 5.08. The second-order valence-electron chi connectivity index (χ2n) is 7.45. The van der Waals surface area contributed by atoms with Crippen molar-refractivity contribution >= 4 is 0 Å². The van der Waals surface area contributed by atoms with Gasteiger partial charge in [0.05, 0.1) is 0 Å². The average molecular weight is 310 g/mol. The second-order valence-corrected chi connectivity index (χ2v) is 7.45. The van der Waals surface area contributed by atoms with Gasteiger partial charge in [0.25, 0.3) is 0 Å². The van der Waals surface area contributed by atoms with Crippen LogP contribution in [0.3, 0.4) is 0 Å². The molecule has 2 aliphatic carbocycles. The number of aryl methyl sites for hydroxylation is 3. The van der Waals surface area contributed by atoms with E-state index < -0.39 is 0 Å². The molecule has 0 saturated heterocycles. The lowest BCUT2D eigenvalue weighted by atomic mass is 9.81. The first-order valence-electron chi connectivity index (χ1n) is 9.02. The first-order valence-corrected chi connectivity index (χ1v) is 9.02. The third-order valence-corrected chi connectivity index (χ3v) is 6.10. The molecule has 0 aromatic heterocycles. The summed E-state index contributed by atoms with van der Waals surface area (Å²) >= 11 is 0. The largest absolute Gasteiger partial charge is 0.0620 e. The van der Waals surface area contributed by atoms with Gasteiger partial charge in [-0.2, -0.15) is 0 Å². The summed E-state index contributed by atoms with van der Waals surface area (Å²) in [6.07, 6.45) is 3.56. The zero-order valence-corrected chi connectivity index (χ0v) is 14.1. The number of benzene rings is 3. The molecular formula is C24H22. The van der Waals surface area contributed by atoms with Gasteiger partial charge in [-0.25, -0.2) is 0 Å². The lowest BCUT2D eigenvalue weighted by Gasteiger charge is -2.22. The molecule has 5 rings (SSSR count). The third-order valence-electron chi connectivity index (χ3n) is 6.10. The Morgan fingerprint density at radius 3 is 1.83 bits per heavy atom. The molecule has 0 heterocycles. The first kappa shape index (κ1) is 14.0. The number of fused-ring (bicyclic) bond motifs is 4. The van der Waals surface area contributed by atoms with Gasteiger partial charge >= 0.3 is 0 Å². The minimum atomic E-state index is 0.193. The van der Waals surface area contributed by atoms with Crippen molar-refractivity contribution in [1.29, 1.82) is 0 Å². The molecule has 0 nitrogen and oxygen atoms in total. The highest BCUT2D eigenvalue weighted by Crippen LogP contribution is 2.66. The Kier molecular flexibility index (Phi) is 2.97. The monoisotopic (exact) mass is 310 g/mol. The maximum Gasteiger partial charge on any atom is 0.0283 e. The van der Waals surface area contributed by atoms with Crippen molar-refractivity contribution in [3.8, 4) is 0 Å². The molecular weight excluding hydrogens is 288 g/mol. The van der Waals surface area contributed by atoms with E-state index in [2.05, 4.69) is 79.7 Å². The fourth-order valence-corrected chi connectivity index (χ4v) is 4.82. The fraction of sp³-hybridized carbons (Fsp3) is 0.250. The molecule has 3 aromatic carbocycles. The summed E-state index contributed by atoms with van der Waals surface area (Å²) in [5.41, 5.74) is 9.26. The summed E-state index contributed by atoms with van der Waals surface area (Å²) in [5, 5.41) is 0. The summed E-state index contributed by atoms with van der Waals surface area (Å²) in [6.45, 7) is 2.17. The Bertz CT molecular complexity index is 854. The van der Waals surface area contributed by atoms with Crippen LogP contribution in [-0.2, 0) is 18.3 Å². The third kappa shape index (κ3) is 1.92. The molecule has 24 heavy (non-hydrogen) atoms. The van der Waals surface area contributed by atoms with Gasteiger partial charge in [0.1, 0.15) is 0 Å². The van der Waals surface area contributed by atoms with Crippen LogP contribution in [0.25, 0.3) is 0 Å². The van der Waals surface area contributed by atoms with Crippen LogP contribution in [-0.4, -0.2) is 0 Å². The molecule has 1 saturated carbocycles. The molecule has 3 aromatic rings. The minimum Gasteiger partial charge on any atom is -0.0620 e. The van der Waals surface area contributed by atoms with Crippen molar-refractivity contribution in [2.24, 2.45) is 0 Å². The van der Waals surface area contributed by atoms with E-state index >= 15 is 0 Å². The summed E-state index contributed by atoms with van der Waals surface area (Å²) in [6, 6.07) is 27.5. The van der Waals surface area contributed by atoms with Gasteiger partial charge in [-0.15, -0.1) is 0 Å². The van der Waals surface area contributed by atoms with E-state index in [-0.39, 0.29) is 5.41 Å². The van der Waals surface area contributed by atoms with E-state index in [1.54, 1.807) is 22.3 Å². The molecule has 0 N–H and O–H groups in total. The Morgan fingerprint density at radius 1 is 0.708 bits per heavy atom. The Balaban J connectivity index is 1.72. The lowest BCUT2D eigenvalue weighted by Crippen LogP contribution is -2.14. The van der Waals surface area contributed by atoms with Crippen LogP contribution in [0.1, 0.15) is 45.7 Å². The zero-order chi connectivity index (χ0) is 16.1. The van der Waals surface area contributed by atoms with Gasteiger partial charge in [-0.1, -0.05) is 78.4 Å². The average Bonchev–Trinajstić information content (AvgIpc) is 3.39. The lowest BCUT2D eigenvalue weighted by molar-refractivity contribution is 0.796. The van der Waals surface area contributed by atoms with Crippen molar-refractivity contribution < 1.29 is 0 Å². The molecule has 2 aliphatic rings. The molecule has 1 unspecified atom stereocenters. The predicted octanol–water partition coefficient (Wildman–Crippen LogP) is 5.57. The van der Waals surface area contributed by atoms with Crippen molar-refractivity contribution in [3.05, 3.63) is 106 Å². The van der Waals surface area contributed by atoms with E-state index in [4.69, 9.17) is 0 Å². The van der Waals surface area contributed by atoms with Gasteiger partial charge in [0, 0.05) is 5.41 Å². The highest BCUT2D eigenvalue weighted by molar-refractivity contribution is 5.59. The summed E-state index contributed by atoms with van der Waals surface area (Å²) in [4.78, 5) is 0. The van der Waals surface area contributed by atoms with Crippen molar-refractivity contribution in [1.82, 2.24) is 0 Å². The number of hydrogen-bond donors (Lipinski definition) is 0. The van der Waals surface area contributed by atoms with Crippen molar-refractivity contribution in [2.45, 2.75) is 37.5 Å². The molecule has 0 amide bonds. The molecule has 1 spiro atoms.